The van der Waals surface area contributed by atoms with Crippen molar-refractivity contribution < 1.29 is 18.9 Å². The fraction of sp³-hybridized carbons (Fsp3) is 0.758. The van der Waals surface area contributed by atoms with Crippen LogP contribution in [0.2, 0.25) is 0 Å². The van der Waals surface area contributed by atoms with Crippen LogP contribution in [0.3, 0.4) is 0 Å². The van der Waals surface area contributed by atoms with Crippen molar-refractivity contribution in [3.63, 3.8) is 0 Å². The monoisotopic (exact) mass is 512 g/mol. The molecule has 2 saturated heterocycles. The third kappa shape index (κ3) is 7.91. The lowest BCUT2D eigenvalue weighted by Gasteiger charge is -2.48. The van der Waals surface area contributed by atoms with E-state index in [9.17, 15) is 0 Å². The molecule has 0 unspecified atom stereocenters. The molecule has 4 atom stereocenters. The van der Waals surface area contributed by atoms with Crippen LogP contribution in [0.4, 0.5) is 0 Å². The molecule has 1 spiro atoms. The van der Waals surface area contributed by atoms with Crippen LogP contribution in [0.1, 0.15) is 92.9 Å². The molecule has 2 aliphatic carbocycles. The van der Waals surface area contributed by atoms with Crippen LogP contribution in [0.5, 0.6) is 0 Å². The topological polar surface area (TPSA) is 36.9 Å². The summed E-state index contributed by atoms with van der Waals surface area (Å²) in [7, 11) is 0. The molecule has 4 nitrogen and oxygen atoms in total. The summed E-state index contributed by atoms with van der Waals surface area (Å²) in [5, 5.41) is 0. The molecule has 0 amide bonds. The molecule has 0 aromatic rings. The quantitative estimate of drug-likeness (QED) is 0.307. The minimum absolute atomic E-state index is 0.109. The molecule has 0 saturated carbocycles. The van der Waals surface area contributed by atoms with E-state index >= 15 is 0 Å². The predicted molar refractivity (Wildman–Crippen MR) is 151 cm³/mol. The number of allylic oxidation sites excluding steroid dienone is 8. The minimum atomic E-state index is -0.167. The fourth-order valence-electron chi connectivity index (χ4n) is 6.50. The summed E-state index contributed by atoms with van der Waals surface area (Å²) < 4.78 is 25.5. The van der Waals surface area contributed by atoms with Crippen LogP contribution in [0.15, 0.2) is 46.6 Å². The first-order chi connectivity index (χ1) is 17.7. The van der Waals surface area contributed by atoms with Crippen LogP contribution in [0, 0.1) is 29.1 Å². The Hall–Kier alpha value is -1.20. The highest BCUT2D eigenvalue weighted by Gasteiger charge is 2.46. The first kappa shape index (κ1) is 28.8. The third-order valence-corrected chi connectivity index (χ3v) is 8.94. The maximum atomic E-state index is 6.36. The number of hydrogen-bond acceptors (Lipinski definition) is 4. The van der Waals surface area contributed by atoms with Crippen molar-refractivity contribution in [1.29, 1.82) is 0 Å². The minimum Gasteiger partial charge on any atom is -0.351 e. The van der Waals surface area contributed by atoms with Gasteiger partial charge in [0, 0.05) is 11.8 Å². The molecule has 0 aromatic carbocycles. The zero-order valence-electron chi connectivity index (χ0n) is 24.4. The molecule has 4 heteroatoms. The smallest absolute Gasteiger partial charge is 0.160 e. The van der Waals surface area contributed by atoms with E-state index in [1.54, 1.807) is 11.1 Å². The molecule has 0 bridgehead atoms. The number of rotatable bonds is 8. The lowest BCUT2D eigenvalue weighted by Crippen LogP contribution is -2.55. The second-order valence-corrected chi connectivity index (χ2v) is 13.0. The molecule has 4 aliphatic rings. The number of hydrogen-bond donors (Lipinski definition) is 0. The molecular formula is C33H52O4. The normalized spacial score (nSPS) is 36.5. The Morgan fingerprint density at radius 3 is 1.41 bits per heavy atom. The van der Waals surface area contributed by atoms with Crippen LogP contribution in [-0.2, 0) is 18.9 Å². The van der Waals surface area contributed by atoms with Gasteiger partial charge in [0.15, 0.2) is 12.6 Å². The summed E-state index contributed by atoms with van der Waals surface area (Å²) in [4.78, 5) is 0. The van der Waals surface area contributed by atoms with Gasteiger partial charge in [0.1, 0.15) is 0 Å². The summed E-state index contributed by atoms with van der Waals surface area (Å²) in [5.41, 5.74) is 5.85. The van der Waals surface area contributed by atoms with Crippen LogP contribution in [-0.4, -0.2) is 39.0 Å². The van der Waals surface area contributed by atoms with Crippen LogP contribution in [0.25, 0.3) is 0 Å². The largest absolute Gasteiger partial charge is 0.351 e. The van der Waals surface area contributed by atoms with Gasteiger partial charge >= 0.3 is 0 Å². The van der Waals surface area contributed by atoms with E-state index in [4.69, 9.17) is 18.9 Å². The Morgan fingerprint density at radius 1 is 0.703 bits per heavy atom. The molecule has 0 aromatic heterocycles. The molecule has 0 N–H and O–H groups in total. The molecule has 2 aliphatic heterocycles. The van der Waals surface area contributed by atoms with Gasteiger partial charge in [-0.2, -0.15) is 0 Å². The highest BCUT2D eigenvalue weighted by Crippen LogP contribution is 2.41. The van der Waals surface area contributed by atoms with Crippen molar-refractivity contribution >= 4 is 0 Å². The summed E-state index contributed by atoms with van der Waals surface area (Å²) in [5.74, 6) is 2.04. The summed E-state index contributed by atoms with van der Waals surface area (Å²) >= 11 is 0. The third-order valence-electron chi connectivity index (χ3n) is 8.94. The Labute approximate surface area is 226 Å². The van der Waals surface area contributed by atoms with Crippen molar-refractivity contribution in [1.82, 2.24) is 0 Å². The van der Waals surface area contributed by atoms with E-state index in [1.165, 1.54) is 24.0 Å². The standard InChI is InChI=1S/C33H52O4/c1-23(2)9-7-11-27-13-15-29(25(5)17-27)31-34-19-33(20-35-31)21-36-32(37-22-33)30-16-14-28(18-26(30)6)12-8-10-24(3)4/h9-10,13-14,25-26,29-32H,7-8,11-12,15-22H2,1-6H3/t25-,26+,29-,30+,31?,32?,33?. The van der Waals surface area contributed by atoms with Crippen molar-refractivity contribution in [3.05, 3.63) is 46.6 Å². The molecule has 2 heterocycles. The Kier molecular flexibility index (Phi) is 10.3. The maximum absolute atomic E-state index is 6.36. The van der Waals surface area contributed by atoms with Gasteiger partial charge in [-0.05, 0) is 90.9 Å². The molecule has 4 rings (SSSR count). The van der Waals surface area contributed by atoms with Gasteiger partial charge in [0.2, 0.25) is 0 Å². The zero-order valence-corrected chi connectivity index (χ0v) is 24.4. The Balaban J connectivity index is 1.21. The van der Waals surface area contributed by atoms with Crippen LogP contribution < -0.4 is 0 Å². The summed E-state index contributed by atoms with van der Waals surface area (Å²) in [6, 6.07) is 0. The van der Waals surface area contributed by atoms with E-state index in [-0.39, 0.29) is 18.0 Å². The van der Waals surface area contributed by atoms with E-state index in [2.05, 4.69) is 65.8 Å². The van der Waals surface area contributed by atoms with E-state index < -0.39 is 0 Å². The number of ether oxygens (including phenoxy) is 4. The molecule has 2 fully saturated rings. The summed E-state index contributed by atoms with van der Waals surface area (Å²) in [6.45, 7) is 16.1. The van der Waals surface area contributed by atoms with Crippen molar-refractivity contribution in [2.45, 2.75) is 105 Å². The highest BCUT2D eigenvalue weighted by atomic mass is 16.7. The lowest BCUT2D eigenvalue weighted by molar-refractivity contribution is -0.323. The second-order valence-electron chi connectivity index (χ2n) is 13.0. The van der Waals surface area contributed by atoms with Crippen molar-refractivity contribution in [2.75, 3.05) is 26.4 Å². The van der Waals surface area contributed by atoms with Crippen molar-refractivity contribution in [3.8, 4) is 0 Å². The van der Waals surface area contributed by atoms with Crippen molar-refractivity contribution in [2.24, 2.45) is 29.1 Å². The van der Waals surface area contributed by atoms with Gasteiger partial charge in [-0.3, -0.25) is 0 Å². The van der Waals surface area contributed by atoms with E-state index in [0.717, 1.165) is 38.5 Å². The van der Waals surface area contributed by atoms with E-state index in [1.807, 2.05) is 0 Å². The molecule has 0 radical (unpaired) electrons. The first-order valence-electron chi connectivity index (χ1n) is 14.8. The Morgan fingerprint density at radius 2 is 1.08 bits per heavy atom. The van der Waals surface area contributed by atoms with Gasteiger partial charge in [0.25, 0.3) is 0 Å². The summed E-state index contributed by atoms with van der Waals surface area (Å²) in [6.07, 6.45) is 18.5. The SMILES string of the molecule is CC(C)=CCCC1=CC[C@@H](C2OCC3(COC([C@H]4CC=C(CCC=C(C)C)C[C@@H]4C)OC3)CO2)[C@H](C)C1. The average Bonchev–Trinajstić information content (AvgIpc) is 2.85. The first-order valence-corrected chi connectivity index (χ1v) is 14.8. The van der Waals surface area contributed by atoms with Gasteiger partial charge in [-0.25, -0.2) is 0 Å². The maximum Gasteiger partial charge on any atom is 0.160 e. The zero-order chi connectivity index (χ0) is 26.4. The fourth-order valence-corrected chi connectivity index (χ4v) is 6.50. The van der Waals surface area contributed by atoms with Gasteiger partial charge in [-0.15, -0.1) is 0 Å². The average molecular weight is 513 g/mol. The Bertz CT molecular complexity index is 781. The highest BCUT2D eigenvalue weighted by molar-refractivity contribution is 5.12. The van der Waals surface area contributed by atoms with E-state index in [0.29, 0.717) is 50.1 Å². The lowest BCUT2D eigenvalue weighted by atomic mass is 9.78. The molecule has 37 heavy (non-hydrogen) atoms. The van der Waals surface area contributed by atoms with Gasteiger partial charge in [-0.1, -0.05) is 60.4 Å². The molecular weight excluding hydrogens is 460 g/mol. The van der Waals surface area contributed by atoms with Gasteiger partial charge < -0.3 is 18.9 Å². The second kappa shape index (κ2) is 13.2. The molecule has 208 valence electrons. The van der Waals surface area contributed by atoms with Gasteiger partial charge in [0.05, 0.1) is 31.8 Å². The predicted octanol–water partition coefficient (Wildman–Crippen LogP) is 8.16. The van der Waals surface area contributed by atoms with Crippen LogP contribution >= 0.6 is 0 Å².